The van der Waals surface area contributed by atoms with Crippen LogP contribution in [0.4, 0.5) is 10.5 Å². The topological polar surface area (TPSA) is 79.2 Å². The van der Waals surface area contributed by atoms with E-state index in [4.69, 9.17) is 0 Å². The van der Waals surface area contributed by atoms with E-state index in [9.17, 15) is 9.90 Å². The molecule has 132 valence electrons. The van der Waals surface area contributed by atoms with Gasteiger partial charge in [-0.15, -0.1) is 0 Å². The summed E-state index contributed by atoms with van der Waals surface area (Å²) in [4.78, 5) is 12.1. The molecule has 0 radical (unpaired) electrons. The first-order valence-corrected chi connectivity index (χ1v) is 8.38. The van der Waals surface area contributed by atoms with Crippen LogP contribution in [0.2, 0.25) is 0 Å². The number of carbonyl (C=O) groups is 1. The van der Waals surface area contributed by atoms with Crippen LogP contribution in [0.3, 0.4) is 0 Å². The zero-order valence-corrected chi connectivity index (χ0v) is 15.1. The molecular weight excluding hydrogens is 304 g/mol. The van der Waals surface area contributed by atoms with Crippen LogP contribution in [0.15, 0.2) is 24.4 Å². The van der Waals surface area contributed by atoms with Crippen LogP contribution in [0.1, 0.15) is 47.1 Å². The Morgan fingerprint density at radius 2 is 2.04 bits per heavy atom. The summed E-state index contributed by atoms with van der Waals surface area (Å²) in [5.41, 5.74) is 1.57. The van der Waals surface area contributed by atoms with Crippen molar-refractivity contribution in [3.8, 4) is 0 Å². The van der Waals surface area contributed by atoms with Gasteiger partial charge in [0, 0.05) is 23.7 Å². The number of hydrogen-bond donors (Lipinski definition) is 3. The fourth-order valence-electron chi connectivity index (χ4n) is 2.89. The van der Waals surface area contributed by atoms with E-state index in [0.29, 0.717) is 13.0 Å². The van der Waals surface area contributed by atoms with E-state index in [-0.39, 0.29) is 23.6 Å². The van der Waals surface area contributed by atoms with E-state index in [2.05, 4.69) is 29.6 Å². The van der Waals surface area contributed by atoms with Crippen molar-refractivity contribution < 1.29 is 9.90 Å². The Kier molecular flexibility index (Phi) is 5.49. The largest absolute Gasteiger partial charge is 0.393 e. The van der Waals surface area contributed by atoms with Gasteiger partial charge >= 0.3 is 6.03 Å². The number of nitrogens with zero attached hydrogens (tertiary/aromatic N) is 2. The Hall–Kier alpha value is -2.08. The molecule has 1 aromatic heterocycles. The predicted molar refractivity (Wildman–Crippen MR) is 97.2 cm³/mol. The first kappa shape index (κ1) is 18.3. The molecule has 0 aliphatic heterocycles. The van der Waals surface area contributed by atoms with Gasteiger partial charge in [-0.2, -0.15) is 5.10 Å². The number of aliphatic hydroxyl groups is 1. The molecule has 24 heavy (non-hydrogen) atoms. The fourth-order valence-corrected chi connectivity index (χ4v) is 2.89. The molecule has 0 saturated heterocycles. The highest BCUT2D eigenvalue weighted by molar-refractivity contribution is 5.92. The van der Waals surface area contributed by atoms with Crippen LogP contribution in [0.5, 0.6) is 0 Å². The summed E-state index contributed by atoms with van der Waals surface area (Å²) in [6, 6.07) is 5.77. The molecule has 0 saturated carbocycles. The van der Waals surface area contributed by atoms with E-state index >= 15 is 0 Å². The molecular formula is C18H28N4O2. The lowest BCUT2D eigenvalue weighted by molar-refractivity contribution is 0.129. The van der Waals surface area contributed by atoms with Gasteiger partial charge in [0.15, 0.2) is 0 Å². The van der Waals surface area contributed by atoms with Gasteiger partial charge < -0.3 is 15.7 Å². The number of carbonyl (C=O) groups excluding carboxylic acids is 1. The molecule has 0 fully saturated rings. The third kappa shape index (κ3) is 4.71. The van der Waals surface area contributed by atoms with Crippen molar-refractivity contribution in [2.75, 3.05) is 11.9 Å². The molecule has 1 heterocycles. The smallest absolute Gasteiger partial charge is 0.319 e. The molecule has 0 bridgehead atoms. The summed E-state index contributed by atoms with van der Waals surface area (Å²) in [6.45, 7) is 10.4. The van der Waals surface area contributed by atoms with Crippen LogP contribution < -0.4 is 10.6 Å². The standard InChI is InChI=1S/C18H28N4O2/c1-12(2)22-16-8-15(7-6-14(16)10-20-22)21-17(24)19-11-18(4,5)9-13(3)23/h6-8,10,12-13,23H,9,11H2,1-5H3,(H2,19,21,24). The number of amides is 2. The second-order valence-electron chi connectivity index (χ2n) is 7.48. The molecule has 2 aromatic rings. The lowest BCUT2D eigenvalue weighted by Crippen LogP contribution is -2.38. The number of urea groups is 1. The number of anilines is 1. The van der Waals surface area contributed by atoms with Gasteiger partial charge in [-0.1, -0.05) is 13.8 Å². The lowest BCUT2D eigenvalue weighted by atomic mass is 9.87. The first-order chi connectivity index (χ1) is 11.2. The maximum atomic E-state index is 12.1. The van der Waals surface area contributed by atoms with Crippen molar-refractivity contribution in [3.05, 3.63) is 24.4 Å². The quantitative estimate of drug-likeness (QED) is 0.757. The summed E-state index contributed by atoms with van der Waals surface area (Å²) in [7, 11) is 0. The number of rotatable bonds is 6. The maximum Gasteiger partial charge on any atom is 0.319 e. The number of aliphatic hydroxyl groups excluding tert-OH is 1. The number of fused-ring (bicyclic) bond motifs is 1. The highest BCUT2D eigenvalue weighted by Gasteiger charge is 2.21. The van der Waals surface area contributed by atoms with Crippen LogP contribution >= 0.6 is 0 Å². The summed E-state index contributed by atoms with van der Waals surface area (Å²) in [5, 5.41) is 20.7. The monoisotopic (exact) mass is 332 g/mol. The average molecular weight is 332 g/mol. The molecule has 1 unspecified atom stereocenters. The van der Waals surface area contributed by atoms with Crippen LogP contribution in [-0.4, -0.2) is 33.6 Å². The van der Waals surface area contributed by atoms with Crippen molar-refractivity contribution in [3.63, 3.8) is 0 Å². The van der Waals surface area contributed by atoms with Crippen molar-refractivity contribution in [2.24, 2.45) is 5.41 Å². The normalized spacial score (nSPS) is 13.3. The van der Waals surface area contributed by atoms with E-state index in [0.717, 1.165) is 16.6 Å². The molecule has 3 N–H and O–H groups in total. The zero-order valence-electron chi connectivity index (χ0n) is 15.1. The van der Waals surface area contributed by atoms with E-state index in [1.807, 2.05) is 42.9 Å². The molecule has 6 heteroatoms. The molecule has 2 rings (SSSR count). The Balaban J connectivity index is 2.01. The van der Waals surface area contributed by atoms with E-state index in [1.54, 1.807) is 6.92 Å². The van der Waals surface area contributed by atoms with Crippen LogP contribution in [0, 0.1) is 5.41 Å². The van der Waals surface area contributed by atoms with Crippen molar-refractivity contribution in [1.29, 1.82) is 0 Å². The molecule has 6 nitrogen and oxygen atoms in total. The van der Waals surface area contributed by atoms with E-state index < -0.39 is 0 Å². The van der Waals surface area contributed by atoms with Crippen molar-refractivity contribution in [1.82, 2.24) is 15.1 Å². The van der Waals surface area contributed by atoms with Gasteiger partial charge in [-0.3, -0.25) is 4.68 Å². The van der Waals surface area contributed by atoms with Gasteiger partial charge in [-0.25, -0.2) is 4.79 Å². The Bertz CT molecular complexity index is 704. The molecule has 0 aliphatic carbocycles. The first-order valence-electron chi connectivity index (χ1n) is 8.38. The number of nitrogens with one attached hydrogen (secondary N) is 2. The van der Waals surface area contributed by atoms with Crippen LogP contribution in [0.25, 0.3) is 10.9 Å². The number of benzene rings is 1. The number of aromatic nitrogens is 2. The van der Waals surface area contributed by atoms with Gasteiger partial charge in [0.05, 0.1) is 17.8 Å². The molecule has 0 aliphatic rings. The van der Waals surface area contributed by atoms with Gasteiger partial charge in [0.25, 0.3) is 0 Å². The number of hydrogen-bond acceptors (Lipinski definition) is 3. The maximum absolute atomic E-state index is 12.1. The SMILES string of the molecule is CC(O)CC(C)(C)CNC(=O)Nc1ccc2cnn(C(C)C)c2c1. The zero-order chi connectivity index (χ0) is 17.9. The van der Waals surface area contributed by atoms with Gasteiger partial charge in [-0.05, 0) is 50.8 Å². The predicted octanol–water partition coefficient (Wildman–Crippen LogP) is 3.54. The second-order valence-corrected chi connectivity index (χ2v) is 7.48. The summed E-state index contributed by atoms with van der Waals surface area (Å²) in [5.74, 6) is 0. The minimum atomic E-state index is -0.386. The van der Waals surface area contributed by atoms with Crippen molar-refractivity contribution >= 4 is 22.6 Å². The van der Waals surface area contributed by atoms with Crippen molar-refractivity contribution in [2.45, 2.75) is 53.2 Å². The Labute approximate surface area is 143 Å². The summed E-state index contributed by atoms with van der Waals surface area (Å²) in [6.07, 6.45) is 2.08. The highest BCUT2D eigenvalue weighted by Crippen LogP contribution is 2.23. The van der Waals surface area contributed by atoms with Crippen LogP contribution in [-0.2, 0) is 0 Å². The van der Waals surface area contributed by atoms with Gasteiger partial charge in [0.2, 0.25) is 0 Å². The highest BCUT2D eigenvalue weighted by atomic mass is 16.3. The minimum Gasteiger partial charge on any atom is -0.393 e. The summed E-state index contributed by atoms with van der Waals surface area (Å²) < 4.78 is 1.93. The molecule has 1 aromatic carbocycles. The molecule has 2 amide bonds. The Morgan fingerprint density at radius 3 is 2.67 bits per heavy atom. The third-order valence-corrected chi connectivity index (χ3v) is 3.92. The minimum absolute atomic E-state index is 0.161. The third-order valence-electron chi connectivity index (χ3n) is 3.92. The lowest BCUT2D eigenvalue weighted by Gasteiger charge is -2.26. The molecule has 0 spiro atoms. The molecule has 1 atom stereocenters. The fraction of sp³-hybridized carbons (Fsp3) is 0.556. The second kappa shape index (κ2) is 7.21. The van der Waals surface area contributed by atoms with Gasteiger partial charge in [0.1, 0.15) is 0 Å². The van der Waals surface area contributed by atoms with E-state index in [1.165, 1.54) is 0 Å². The Morgan fingerprint density at radius 1 is 1.33 bits per heavy atom. The average Bonchev–Trinajstić information content (AvgIpc) is 2.87. The summed E-state index contributed by atoms with van der Waals surface area (Å²) >= 11 is 0.